The molecule has 1 heterocycles. The molecule has 1 aromatic heterocycles. The largest absolute Gasteiger partial charge is 0.249 e. The van der Waals surface area contributed by atoms with Gasteiger partial charge in [-0.2, -0.15) is 0 Å². The Morgan fingerprint density at radius 3 is 2.50 bits per heavy atom. The predicted octanol–water partition coefficient (Wildman–Crippen LogP) is 2.92. The van der Waals surface area contributed by atoms with Crippen LogP contribution in [0.5, 0.6) is 0 Å². The second-order valence-corrected chi connectivity index (χ2v) is 4.34. The van der Waals surface area contributed by atoms with E-state index < -0.39 is 0 Å². The molecule has 3 rings (SSSR count). The van der Waals surface area contributed by atoms with E-state index in [4.69, 9.17) is 4.98 Å². The van der Waals surface area contributed by atoms with E-state index >= 15 is 0 Å². The molecule has 0 radical (unpaired) electrons. The molecule has 80 valence electrons. The van der Waals surface area contributed by atoms with Crippen LogP contribution >= 0.6 is 0 Å². The van der Waals surface area contributed by atoms with E-state index in [0.29, 0.717) is 5.92 Å². The first-order valence-corrected chi connectivity index (χ1v) is 5.74. The van der Waals surface area contributed by atoms with Crippen molar-refractivity contribution in [1.29, 1.82) is 0 Å². The summed E-state index contributed by atoms with van der Waals surface area (Å²) in [6.45, 7) is 3.87. The minimum Gasteiger partial charge on any atom is -0.249 e. The number of benzene rings is 1. The third-order valence-electron chi connectivity index (χ3n) is 3.27. The van der Waals surface area contributed by atoms with E-state index in [1.165, 1.54) is 5.69 Å². The molecule has 0 aliphatic heterocycles. The smallest absolute Gasteiger partial charge is 0.0890 e. The Balaban J connectivity index is 2.13. The number of allylic oxidation sites excluding steroid dienone is 1. The van der Waals surface area contributed by atoms with Crippen molar-refractivity contribution < 1.29 is 0 Å². The van der Waals surface area contributed by atoms with E-state index in [0.717, 1.165) is 36.0 Å². The first kappa shape index (κ1) is 9.52. The maximum atomic E-state index is 4.70. The molecular weight excluding hydrogens is 196 g/mol. The van der Waals surface area contributed by atoms with Crippen LogP contribution in [0.3, 0.4) is 0 Å². The van der Waals surface area contributed by atoms with Gasteiger partial charge < -0.3 is 0 Å². The Hall–Kier alpha value is -1.70. The van der Waals surface area contributed by atoms with Gasteiger partial charge in [0, 0.05) is 0 Å². The zero-order chi connectivity index (χ0) is 11.0. The zero-order valence-corrected chi connectivity index (χ0v) is 9.19. The fourth-order valence-electron chi connectivity index (χ4n) is 2.31. The summed E-state index contributed by atoms with van der Waals surface area (Å²) in [5.74, 6) is 0.572. The van der Waals surface area contributed by atoms with Crippen molar-refractivity contribution in [1.82, 2.24) is 9.97 Å². The van der Waals surface area contributed by atoms with Gasteiger partial charge in [-0.3, -0.25) is 0 Å². The highest BCUT2D eigenvalue weighted by atomic mass is 14.8. The second-order valence-electron chi connectivity index (χ2n) is 4.34. The van der Waals surface area contributed by atoms with Crippen molar-refractivity contribution in [3.8, 4) is 0 Å². The third-order valence-corrected chi connectivity index (χ3v) is 3.27. The number of fused-ring (bicyclic) bond motifs is 2. The average Bonchev–Trinajstić information content (AvgIpc) is 2.35. The van der Waals surface area contributed by atoms with Crippen LogP contribution in [-0.4, -0.2) is 9.97 Å². The van der Waals surface area contributed by atoms with Gasteiger partial charge in [0.2, 0.25) is 0 Å². The lowest BCUT2D eigenvalue weighted by Crippen LogP contribution is -2.15. The lowest BCUT2D eigenvalue weighted by Gasteiger charge is -2.20. The van der Waals surface area contributed by atoms with Crippen molar-refractivity contribution in [3.63, 3.8) is 0 Å². The summed E-state index contributed by atoms with van der Waals surface area (Å²) in [6, 6.07) is 8.08. The van der Waals surface area contributed by atoms with E-state index in [1.54, 1.807) is 0 Å². The number of nitrogens with zero attached hydrogens (tertiary/aromatic N) is 2. The molecule has 0 saturated heterocycles. The lowest BCUT2D eigenvalue weighted by molar-refractivity contribution is 0.536. The molecule has 0 spiro atoms. The van der Waals surface area contributed by atoms with E-state index in [-0.39, 0.29) is 0 Å². The molecule has 1 atom stereocenters. The number of para-hydroxylation sites is 2. The number of aryl methyl sites for hydroxylation is 1. The van der Waals surface area contributed by atoms with Gasteiger partial charge in [0.1, 0.15) is 0 Å². The molecule has 1 unspecified atom stereocenters. The minimum atomic E-state index is 0.572. The molecule has 2 nitrogen and oxygen atoms in total. The van der Waals surface area contributed by atoms with Gasteiger partial charge in [0.25, 0.3) is 0 Å². The molecule has 16 heavy (non-hydrogen) atoms. The van der Waals surface area contributed by atoms with Crippen LogP contribution in [0, 0.1) is 5.92 Å². The quantitative estimate of drug-likeness (QED) is 0.676. The Kier molecular flexibility index (Phi) is 2.21. The minimum absolute atomic E-state index is 0.572. The number of aromatic nitrogens is 2. The van der Waals surface area contributed by atoms with Crippen LogP contribution in [0.4, 0.5) is 0 Å². The molecule has 1 aliphatic rings. The summed E-state index contributed by atoms with van der Waals surface area (Å²) in [6.07, 6.45) is 5.23. The summed E-state index contributed by atoms with van der Waals surface area (Å²) in [5, 5.41) is 0. The normalized spacial score (nSPS) is 19.4. The highest BCUT2D eigenvalue weighted by Gasteiger charge is 2.19. The van der Waals surface area contributed by atoms with Crippen molar-refractivity contribution >= 4 is 11.0 Å². The number of hydrogen-bond acceptors (Lipinski definition) is 2. The van der Waals surface area contributed by atoms with Crippen LogP contribution in [0.2, 0.25) is 0 Å². The van der Waals surface area contributed by atoms with Gasteiger partial charge in [-0.1, -0.05) is 18.2 Å². The molecule has 1 aliphatic carbocycles. The molecule has 0 fully saturated rings. The Bertz CT molecular complexity index is 545. The van der Waals surface area contributed by atoms with Crippen LogP contribution < -0.4 is 0 Å². The van der Waals surface area contributed by atoms with Crippen LogP contribution in [0.25, 0.3) is 11.0 Å². The van der Waals surface area contributed by atoms with E-state index in [1.807, 2.05) is 30.3 Å². The first-order chi connectivity index (χ1) is 7.86. The highest BCUT2D eigenvalue weighted by Crippen LogP contribution is 2.25. The van der Waals surface area contributed by atoms with Crippen LogP contribution in [0.1, 0.15) is 17.8 Å². The Morgan fingerprint density at radius 2 is 1.81 bits per heavy atom. The van der Waals surface area contributed by atoms with Gasteiger partial charge in [-0.15, -0.1) is 6.58 Å². The Labute approximate surface area is 95.0 Å². The molecule has 2 aromatic rings. The monoisotopic (exact) mass is 210 g/mol. The van der Waals surface area contributed by atoms with Gasteiger partial charge in [0.15, 0.2) is 0 Å². The molecule has 0 bridgehead atoms. The summed E-state index contributed by atoms with van der Waals surface area (Å²) < 4.78 is 0. The molecule has 1 aromatic carbocycles. The van der Waals surface area contributed by atoms with E-state index in [2.05, 4.69) is 11.6 Å². The maximum absolute atomic E-state index is 4.70. The summed E-state index contributed by atoms with van der Waals surface area (Å²) in [5.41, 5.74) is 4.36. The lowest BCUT2D eigenvalue weighted by atomic mass is 9.89. The molecule has 2 heteroatoms. The number of rotatable bonds is 1. The predicted molar refractivity (Wildman–Crippen MR) is 65.3 cm³/mol. The third kappa shape index (κ3) is 1.51. The second kappa shape index (κ2) is 3.71. The SMILES string of the molecule is C=CC1CCc2nc3ccccc3nc2C1. The van der Waals surface area contributed by atoms with Crippen molar-refractivity contribution in [2.75, 3.05) is 0 Å². The van der Waals surface area contributed by atoms with Gasteiger partial charge in [0.05, 0.1) is 22.4 Å². The average molecular weight is 210 g/mol. The topological polar surface area (TPSA) is 25.8 Å². The highest BCUT2D eigenvalue weighted by molar-refractivity contribution is 5.74. The zero-order valence-electron chi connectivity index (χ0n) is 9.19. The van der Waals surface area contributed by atoms with Gasteiger partial charge in [-0.25, -0.2) is 9.97 Å². The molecule has 0 N–H and O–H groups in total. The van der Waals surface area contributed by atoms with Gasteiger partial charge >= 0.3 is 0 Å². The van der Waals surface area contributed by atoms with Crippen molar-refractivity contribution in [2.24, 2.45) is 5.92 Å². The fraction of sp³-hybridized carbons (Fsp3) is 0.286. The molecule has 0 saturated carbocycles. The van der Waals surface area contributed by atoms with Crippen molar-refractivity contribution in [3.05, 3.63) is 48.3 Å². The van der Waals surface area contributed by atoms with Crippen LogP contribution in [-0.2, 0) is 12.8 Å². The summed E-state index contributed by atoms with van der Waals surface area (Å²) in [7, 11) is 0. The summed E-state index contributed by atoms with van der Waals surface area (Å²) >= 11 is 0. The molecular formula is C14H14N2. The Morgan fingerprint density at radius 1 is 1.12 bits per heavy atom. The number of hydrogen-bond donors (Lipinski definition) is 0. The van der Waals surface area contributed by atoms with E-state index in [9.17, 15) is 0 Å². The summed E-state index contributed by atoms with van der Waals surface area (Å²) in [4.78, 5) is 9.39. The standard InChI is InChI=1S/C14H14N2/c1-2-10-7-8-13-14(9-10)16-12-6-4-3-5-11(12)15-13/h2-6,10H,1,7-9H2. The van der Waals surface area contributed by atoms with Gasteiger partial charge in [-0.05, 0) is 37.3 Å². The maximum Gasteiger partial charge on any atom is 0.0890 e. The first-order valence-electron chi connectivity index (χ1n) is 5.74. The van der Waals surface area contributed by atoms with Crippen LogP contribution in [0.15, 0.2) is 36.9 Å². The fourth-order valence-corrected chi connectivity index (χ4v) is 2.31. The molecule has 0 amide bonds. The van der Waals surface area contributed by atoms with Crippen molar-refractivity contribution in [2.45, 2.75) is 19.3 Å².